The van der Waals surface area contributed by atoms with Gasteiger partial charge in [0.2, 0.25) is 0 Å². The SMILES string of the molecule is CCCCNc1nc2ccc(Cl)cc2c(Cl)c1C(=O)OCC. The zero-order valence-corrected chi connectivity index (χ0v) is 14.1. The predicted octanol–water partition coefficient (Wildman–Crippen LogP) is 4.93. The molecule has 22 heavy (non-hydrogen) atoms. The van der Waals surface area contributed by atoms with Crippen LogP contribution in [0.4, 0.5) is 5.82 Å². The lowest BCUT2D eigenvalue weighted by atomic mass is 10.1. The molecule has 0 saturated heterocycles. The van der Waals surface area contributed by atoms with Gasteiger partial charge in [-0.2, -0.15) is 0 Å². The third kappa shape index (κ3) is 3.62. The zero-order valence-electron chi connectivity index (χ0n) is 12.6. The molecule has 1 heterocycles. The first-order chi connectivity index (χ1) is 10.6. The van der Waals surface area contributed by atoms with Crippen LogP contribution in [-0.2, 0) is 4.74 Å². The molecule has 0 unspecified atom stereocenters. The van der Waals surface area contributed by atoms with Crippen molar-refractivity contribution >= 4 is 45.9 Å². The molecule has 0 radical (unpaired) electrons. The van der Waals surface area contributed by atoms with Crippen molar-refractivity contribution in [1.82, 2.24) is 4.98 Å². The monoisotopic (exact) mass is 340 g/mol. The van der Waals surface area contributed by atoms with Crippen molar-refractivity contribution < 1.29 is 9.53 Å². The number of anilines is 1. The number of rotatable bonds is 6. The van der Waals surface area contributed by atoms with Gasteiger partial charge in [-0.25, -0.2) is 9.78 Å². The van der Waals surface area contributed by atoms with E-state index in [0.717, 1.165) is 12.8 Å². The van der Waals surface area contributed by atoms with E-state index in [1.807, 2.05) is 0 Å². The van der Waals surface area contributed by atoms with Crippen LogP contribution in [0.2, 0.25) is 10.0 Å². The quantitative estimate of drug-likeness (QED) is 0.598. The molecule has 0 spiro atoms. The van der Waals surface area contributed by atoms with Gasteiger partial charge in [-0.1, -0.05) is 36.5 Å². The fourth-order valence-electron chi connectivity index (χ4n) is 2.10. The van der Waals surface area contributed by atoms with E-state index in [2.05, 4.69) is 17.2 Å². The Morgan fingerprint density at radius 2 is 2.09 bits per heavy atom. The standard InChI is InChI=1S/C16H18Cl2N2O2/c1-3-5-8-19-15-13(16(21)22-4-2)14(18)11-9-10(17)6-7-12(11)20-15/h6-7,9H,3-5,8H2,1-2H3,(H,19,20). The van der Waals surface area contributed by atoms with E-state index in [0.29, 0.717) is 33.3 Å². The molecule has 6 heteroatoms. The molecule has 4 nitrogen and oxygen atoms in total. The topological polar surface area (TPSA) is 51.2 Å². The van der Waals surface area contributed by atoms with Crippen LogP contribution in [0.5, 0.6) is 0 Å². The highest BCUT2D eigenvalue weighted by atomic mass is 35.5. The molecule has 0 atom stereocenters. The Kier molecular flexibility index (Phi) is 5.86. The van der Waals surface area contributed by atoms with Crippen molar-refractivity contribution in [2.45, 2.75) is 26.7 Å². The number of aromatic nitrogens is 1. The highest BCUT2D eigenvalue weighted by Crippen LogP contribution is 2.33. The van der Waals surface area contributed by atoms with E-state index in [1.54, 1.807) is 25.1 Å². The Morgan fingerprint density at radius 3 is 2.77 bits per heavy atom. The molecule has 0 bridgehead atoms. The van der Waals surface area contributed by atoms with E-state index >= 15 is 0 Å². The Labute approximate surface area is 139 Å². The van der Waals surface area contributed by atoms with Crippen molar-refractivity contribution in [2.24, 2.45) is 0 Å². The average Bonchev–Trinajstić information content (AvgIpc) is 2.48. The molecule has 2 aromatic rings. The van der Waals surface area contributed by atoms with E-state index < -0.39 is 5.97 Å². The number of carbonyl (C=O) groups is 1. The summed E-state index contributed by atoms with van der Waals surface area (Å²) in [5.41, 5.74) is 0.941. The van der Waals surface area contributed by atoms with Gasteiger partial charge in [-0.3, -0.25) is 0 Å². The van der Waals surface area contributed by atoms with Crippen molar-refractivity contribution in [1.29, 1.82) is 0 Å². The molecule has 0 saturated carbocycles. The first-order valence-corrected chi connectivity index (χ1v) is 8.03. The smallest absolute Gasteiger partial charge is 0.343 e. The van der Waals surface area contributed by atoms with Crippen LogP contribution in [-0.4, -0.2) is 24.1 Å². The number of ether oxygens (including phenoxy) is 1. The molecule has 118 valence electrons. The number of pyridine rings is 1. The van der Waals surface area contributed by atoms with Crippen LogP contribution in [0.1, 0.15) is 37.0 Å². The zero-order chi connectivity index (χ0) is 16.1. The van der Waals surface area contributed by atoms with Crippen molar-refractivity contribution in [2.75, 3.05) is 18.5 Å². The number of hydrogen-bond donors (Lipinski definition) is 1. The van der Waals surface area contributed by atoms with Gasteiger partial charge in [-0.15, -0.1) is 0 Å². The fourth-order valence-corrected chi connectivity index (χ4v) is 2.59. The number of nitrogens with one attached hydrogen (secondary N) is 1. The number of esters is 1. The molecule has 0 fully saturated rings. The van der Waals surface area contributed by atoms with Gasteiger partial charge < -0.3 is 10.1 Å². The van der Waals surface area contributed by atoms with Gasteiger partial charge in [0.1, 0.15) is 11.4 Å². The molecule has 0 amide bonds. The van der Waals surface area contributed by atoms with Gasteiger partial charge in [0.15, 0.2) is 0 Å². The minimum atomic E-state index is -0.485. The normalized spacial score (nSPS) is 10.7. The Bertz CT molecular complexity index is 689. The predicted molar refractivity (Wildman–Crippen MR) is 91.1 cm³/mol. The summed E-state index contributed by atoms with van der Waals surface area (Å²) in [5, 5.41) is 4.66. The molecule has 1 aromatic carbocycles. The van der Waals surface area contributed by atoms with E-state index in [4.69, 9.17) is 27.9 Å². The van der Waals surface area contributed by atoms with Crippen LogP contribution >= 0.6 is 23.2 Å². The summed E-state index contributed by atoms with van der Waals surface area (Å²) in [6.45, 7) is 4.83. The largest absolute Gasteiger partial charge is 0.462 e. The first kappa shape index (κ1) is 16.8. The molecule has 0 aliphatic heterocycles. The van der Waals surface area contributed by atoms with Gasteiger partial charge in [0, 0.05) is 17.0 Å². The van der Waals surface area contributed by atoms with Crippen LogP contribution in [0, 0.1) is 0 Å². The molecule has 0 aliphatic rings. The number of benzene rings is 1. The van der Waals surface area contributed by atoms with E-state index in [9.17, 15) is 4.79 Å². The number of carbonyl (C=O) groups excluding carboxylic acids is 1. The summed E-state index contributed by atoms with van der Waals surface area (Å²) in [6.07, 6.45) is 2.01. The minimum absolute atomic E-state index is 0.259. The maximum Gasteiger partial charge on any atom is 0.343 e. The highest BCUT2D eigenvalue weighted by Gasteiger charge is 2.21. The summed E-state index contributed by atoms with van der Waals surface area (Å²) in [6, 6.07) is 5.22. The van der Waals surface area contributed by atoms with Gasteiger partial charge in [0.05, 0.1) is 17.1 Å². The Hall–Kier alpha value is -1.52. The minimum Gasteiger partial charge on any atom is -0.462 e. The summed E-state index contributed by atoms with van der Waals surface area (Å²) in [7, 11) is 0. The van der Waals surface area contributed by atoms with Crippen molar-refractivity contribution in [3.63, 3.8) is 0 Å². The fraction of sp³-hybridized carbons (Fsp3) is 0.375. The van der Waals surface area contributed by atoms with Gasteiger partial charge in [-0.05, 0) is 31.5 Å². The van der Waals surface area contributed by atoms with Gasteiger partial charge in [0.25, 0.3) is 0 Å². The summed E-state index contributed by atoms with van der Waals surface area (Å²) in [5.74, 6) is -0.0346. The lowest BCUT2D eigenvalue weighted by molar-refractivity contribution is 0.0527. The molecular weight excluding hydrogens is 323 g/mol. The molecular formula is C16H18Cl2N2O2. The lowest BCUT2D eigenvalue weighted by Gasteiger charge is -2.14. The number of fused-ring (bicyclic) bond motifs is 1. The average molecular weight is 341 g/mol. The van der Waals surface area contributed by atoms with E-state index in [-0.39, 0.29) is 12.2 Å². The second kappa shape index (κ2) is 7.65. The molecule has 1 aromatic heterocycles. The second-order valence-electron chi connectivity index (χ2n) is 4.81. The summed E-state index contributed by atoms with van der Waals surface area (Å²) >= 11 is 12.4. The first-order valence-electron chi connectivity index (χ1n) is 7.28. The number of hydrogen-bond acceptors (Lipinski definition) is 4. The van der Waals surface area contributed by atoms with E-state index in [1.165, 1.54) is 0 Å². The summed E-state index contributed by atoms with van der Waals surface area (Å²) in [4.78, 5) is 16.7. The maximum atomic E-state index is 12.2. The van der Waals surface area contributed by atoms with Crippen LogP contribution in [0.15, 0.2) is 18.2 Å². The number of nitrogens with zero attached hydrogens (tertiary/aromatic N) is 1. The van der Waals surface area contributed by atoms with Crippen molar-refractivity contribution in [3.05, 3.63) is 33.8 Å². The third-order valence-corrected chi connectivity index (χ3v) is 3.81. The lowest BCUT2D eigenvalue weighted by Crippen LogP contribution is -2.13. The van der Waals surface area contributed by atoms with Crippen LogP contribution in [0.25, 0.3) is 10.9 Å². The second-order valence-corrected chi connectivity index (χ2v) is 5.63. The molecule has 0 aliphatic carbocycles. The number of halogens is 2. The Balaban J connectivity index is 2.56. The maximum absolute atomic E-state index is 12.2. The molecule has 1 N–H and O–H groups in total. The van der Waals surface area contributed by atoms with Crippen LogP contribution in [0.3, 0.4) is 0 Å². The highest BCUT2D eigenvalue weighted by molar-refractivity contribution is 6.39. The number of unbranched alkanes of at least 4 members (excludes halogenated alkanes) is 1. The Morgan fingerprint density at radius 1 is 1.32 bits per heavy atom. The third-order valence-electron chi connectivity index (χ3n) is 3.19. The van der Waals surface area contributed by atoms with Gasteiger partial charge >= 0.3 is 5.97 Å². The van der Waals surface area contributed by atoms with Crippen molar-refractivity contribution in [3.8, 4) is 0 Å². The van der Waals surface area contributed by atoms with Crippen LogP contribution < -0.4 is 5.32 Å². The summed E-state index contributed by atoms with van der Waals surface area (Å²) < 4.78 is 5.10. The molecule has 2 rings (SSSR count).